The number of carbonyl (C=O) groups excluding carboxylic acids is 1. The summed E-state index contributed by atoms with van der Waals surface area (Å²) in [5.41, 5.74) is 0.136. The number of furan rings is 1. The number of rotatable bonds is 2. The summed E-state index contributed by atoms with van der Waals surface area (Å²) in [5, 5.41) is 1.77. The zero-order valence-corrected chi connectivity index (χ0v) is 8.23. The van der Waals surface area contributed by atoms with E-state index in [4.69, 9.17) is 4.42 Å². The minimum absolute atomic E-state index is 0.136. The first kappa shape index (κ1) is 11.6. The van der Waals surface area contributed by atoms with Gasteiger partial charge in [0.05, 0.1) is 5.56 Å². The molecule has 1 heterocycles. The van der Waals surface area contributed by atoms with Crippen molar-refractivity contribution in [1.29, 1.82) is 0 Å². The van der Waals surface area contributed by atoms with Crippen molar-refractivity contribution < 1.29 is 22.4 Å². The Balaban J connectivity index is 2.66. The van der Waals surface area contributed by atoms with E-state index < -0.39 is 18.6 Å². The van der Waals surface area contributed by atoms with Crippen molar-refractivity contribution in [1.82, 2.24) is 5.32 Å². The van der Waals surface area contributed by atoms with Crippen LogP contribution >= 0.6 is 0 Å². The van der Waals surface area contributed by atoms with Crippen LogP contribution in [0, 0.1) is 13.8 Å². The summed E-state index contributed by atoms with van der Waals surface area (Å²) in [7, 11) is 0. The molecule has 0 fully saturated rings. The van der Waals surface area contributed by atoms with Gasteiger partial charge in [0, 0.05) is 0 Å². The summed E-state index contributed by atoms with van der Waals surface area (Å²) in [6, 6.07) is 1.40. The van der Waals surface area contributed by atoms with Gasteiger partial charge >= 0.3 is 6.18 Å². The minimum atomic E-state index is -4.40. The lowest BCUT2D eigenvalue weighted by Crippen LogP contribution is -2.33. The maximum absolute atomic E-state index is 11.8. The van der Waals surface area contributed by atoms with Crippen LogP contribution in [0.2, 0.25) is 0 Å². The van der Waals surface area contributed by atoms with Crippen LogP contribution in [0.4, 0.5) is 13.2 Å². The van der Waals surface area contributed by atoms with E-state index in [1.807, 2.05) is 0 Å². The average molecular weight is 221 g/mol. The molecule has 1 aromatic rings. The minimum Gasteiger partial charge on any atom is -0.466 e. The molecule has 0 saturated carbocycles. The molecule has 0 aliphatic heterocycles. The highest BCUT2D eigenvalue weighted by Gasteiger charge is 2.28. The quantitative estimate of drug-likeness (QED) is 0.831. The van der Waals surface area contributed by atoms with Crippen molar-refractivity contribution in [2.75, 3.05) is 6.54 Å². The Bertz CT molecular complexity index is 368. The summed E-state index contributed by atoms with van der Waals surface area (Å²) in [6.45, 7) is 1.80. The van der Waals surface area contributed by atoms with Gasteiger partial charge in [0.1, 0.15) is 18.1 Å². The van der Waals surface area contributed by atoms with Gasteiger partial charge in [-0.25, -0.2) is 0 Å². The predicted molar refractivity (Wildman–Crippen MR) is 46.6 cm³/mol. The van der Waals surface area contributed by atoms with E-state index in [0.717, 1.165) is 0 Å². The second-order valence-electron chi connectivity index (χ2n) is 3.12. The molecule has 1 aromatic heterocycles. The molecule has 0 bridgehead atoms. The van der Waals surface area contributed by atoms with Gasteiger partial charge in [-0.3, -0.25) is 4.79 Å². The van der Waals surface area contributed by atoms with E-state index in [0.29, 0.717) is 11.5 Å². The monoisotopic (exact) mass is 221 g/mol. The van der Waals surface area contributed by atoms with Gasteiger partial charge in [-0.15, -0.1) is 0 Å². The fourth-order valence-corrected chi connectivity index (χ4v) is 1.13. The van der Waals surface area contributed by atoms with Crippen LogP contribution in [0.25, 0.3) is 0 Å². The molecule has 0 aromatic carbocycles. The number of nitrogens with one attached hydrogen (secondary N) is 1. The molecule has 3 nitrogen and oxygen atoms in total. The fourth-order valence-electron chi connectivity index (χ4n) is 1.13. The Kier molecular flexibility index (Phi) is 3.06. The van der Waals surface area contributed by atoms with E-state index in [1.54, 1.807) is 12.2 Å². The van der Waals surface area contributed by atoms with Crippen molar-refractivity contribution in [3.05, 3.63) is 23.2 Å². The summed E-state index contributed by atoms with van der Waals surface area (Å²) >= 11 is 0. The lowest BCUT2D eigenvalue weighted by molar-refractivity contribution is -0.123. The van der Waals surface area contributed by atoms with Gasteiger partial charge in [0.2, 0.25) is 0 Å². The van der Waals surface area contributed by atoms with E-state index in [1.165, 1.54) is 13.0 Å². The average Bonchev–Trinajstić information content (AvgIpc) is 2.40. The van der Waals surface area contributed by atoms with Gasteiger partial charge in [-0.1, -0.05) is 0 Å². The molecule has 1 amide bonds. The molecule has 15 heavy (non-hydrogen) atoms. The summed E-state index contributed by atoms with van der Waals surface area (Å²) < 4.78 is 40.4. The van der Waals surface area contributed by atoms with Crippen LogP contribution in [-0.4, -0.2) is 18.6 Å². The first-order valence-corrected chi connectivity index (χ1v) is 4.21. The topological polar surface area (TPSA) is 42.2 Å². The van der Waals surface area contributed by atoms with E-state index in [2.05, 4.69) is 0 Å². The van der Waals surface area contributed by atoms with Crippen LogP contribution in [0.5, 0.6) is 0 Å². The van der Waals surface area contributed by atoms with E-state index in [-0.39, 0.29) is 5.56 Å². The normalized spacial score (nSPS) is 11.5. The molecule has 0 radical (unpaired) electrons. The lowest BCUT2D eigenvalue weighted by Gasteiger charge is -2.07. The number of hydrogen-bond donors (Lipinski definition) is 1. The second kappa shape index (κ2) is 3.96. The second-order valence-corrected chi connectivity index (χ2v) is 3.12. The Labute approximate surface area is 84.3 Å². The number of alkyl halides is 3. The van der Waals surface area contributed by atoms with Crippen molar-refractivity contribution in [3.8, 4) is 0 Å². The molecule has 0 saturated heterocycles. The molecule has 84 valence electrons. The molecule has 6 heteroatoms. The zero-order valence-electron chi connectivity index (χ0n) is 8.23. The first-order chi connectivity index (χ1) is 6.79. The maximum Gasteiger partial charge on any atom is 0.405 e. The molecular weight excluding hydrogens is 211 g/mol. The lowest BCUT2D eigenvalue weighted by atomic mass is 10.2. The molecular formula is C9H10F3NO2. The summed E-state index contributed by atoms with van der Waals surface area (Å²) in [5.74, 6) is 0.0264. The highest BCUT2D eigenvalue weighted by Crippen LogP contribution is 2.15. The third-order valence-electron chi connectivity index (χ3n) is 1.73. The maximum atomic E-state index is 11.8. The Hall–Kier alpha value is -1.46. The Morgan fingerprint density at radius 3 is 2.47 bits per heavy atom. The third-order valence-corrected chi connectivity index (χ3v) is 1.73. The van der Waals surface area contributed by atoms with Crippen molar-refractivity contribution in [3.63, 3.8) is 0 Å². The zero-order chi connectivity index (χ0) is 11.6. The third kappa shape index (κ3) is 3.30. The molecule has 1 N–H and O–H groups in total. The molecule has 0 aliphatic rings. The summed E-state index contributed by atoms with van der Waals surface area (Å²) in [4.78, 5) is 11.3. The first-order valence-electron chi connectivity index (χ1n) is 4.21. The molecule has 0 unspecified atom stereocenters. The van der Waals surface area contributed by atoms with Gasteiger partial charge < -0.3 is 9.73 Å². The van der Waals surface area contributed by atoms with Crippen molar-refractivity contribution in [2.24, 2.45) is 0 Å². The number of carbonyl (C=O) groups is 1. The molecule has 0 spiro atoms. The fraction of sp³-hybridized carbons (Fsp3) is 0.444. The van der Waals surface area contributed by atoms with Gasteiger partial charge in [-0.05, 0) is 19.9 Å². The van der Waals surface area contributed by atoms with Crippen molar-refractivity contribution in [2.45, 2.75) is 20.0 Å². The number of halogens is 3. The van der Waals surface area contributed by atoms with Crippen LogP contribution in [-0.2, 0) is 0 Å². The Morgan fingerprint density at radius 1 is 1.47 bits per heavy atom. The van der Waals surface area contributed by atoms with Gasteiger partial charge in [-0.2, -0.15) is 13.2 Å². The van der Waals surface area contributed by atoms with Crippen LogP contribution in [0.1, 0.15) is 21.9 Å². The standard InChI is InChI=1S/C9H10F3NO2/c1-5-3-7(6(2)15-5)8(14)13-4-9(10,11)12/h3H,4H2,1-2H3,(H,13,14). The number of hydrogen-bond acceptors (Lipinski definition) is 2. The molecule has 0 atom stereocenters. The highest BCUT2D eigenvalue weighted by atomic mass is 19.4. The molecule has 0 aliphatic carbocycles. The Morgan fingerprint density at radius 2 is 2.07 bits per heavy atom. The smallest absolute Gasteiger partial charge is 0.405 e. The molecule has 1 rings (SSSR count). The number of aryl methyl sites for hydroxylation is 2. The largest absolute Gasteiger partial charge is 0.466 e. The SMILES string of the molecule is Cc1cc(C(=O)NCC(F)(F)F)c(C)o1. The van der Waals surface area contributed by atoms with Crippen LogP contribution in [0.3, 0.4) is 0 Å². The number of amides is 1. The van der Waals surface area contributed by atoms with Gasteiger partial charge in [0.25, 0.3) is 5.91 Å². The van der Waals surface area contributed by atoms with E-state index in [9.17, 15) is 18.0 Å². The van der Waals surface area contributed by atoms with Crippen LogP contribution in [0.15, 0.2) is 10.5 Å². The summed E-state index contributed by atoms with van der Waals surface area (Å²) in [6.07, 6.45) is -4.40. The highest BCUT2D eigenvalue weighted by molar-refractivity contribution is 5.95. The van der Waals surface area contributed by atoms with Gasteiger partial charge in [0.15, 0.2) is 0 Å². The van der Waals surface area contributed by atoms with Crippen LogP contribution < -0.4 is 5.32 Å². The van der Waals surface area contributed by atoms with Crippen molar-refractivity contribution >= 4 is 5.91 Å². The predicted octanol–water partition coefficient (Wildman–Crippen LogP) is 2.19. The van der Waals surface area contributed by atoms with E-state index >= 15 is 0 Å².